The quantitative estimate of drug-likeness (QED) is 0.614. The summed E-state index contributed by atoms with van der Waals surface area (Å²) < 4.78 is 1.97. The van der Waals surface area contributed by atoms with Crippen LogP contribution in [0.5, 0.6) is 0 Å². The minimum Gasteiger partial charge on any atom is -0.350 e. The first-order valence-electron chi connectivity index (χ1n) is 8.27. The van der Waals surface area contributed by atoms with Gasteiger partial charge in [-0.1, -0.05) is 30.3 Å². The molecule has 0 fully saturated rings. The summed E-state index contributed by atoms with van der Waals surface area (Å²) in [6.07, 6.45) is 3.56. The lowest BCUT2D eigenvalue weighted by molar-refractivity contribution is 0.970. The van der Waals surface area contributed by atoms with Crippen LogP contribution in [0.4, 0.5) is 5.95 Å². The van der Waals surface area contributed by atoms with Crippen LogP contribution in [-0.4, -0.2) is 19.5 Å². The van der Waals surface area contributed by atoms with Gasteiger partial charge in [0.25, 0.3) is 0 Å². The largest absolute Gasteiger partial charge is 0.350 e. The first-order valence-corrected chi connectivity index (χ1v) is 8.27. The van der Waals surface area contributed by atoms with Gasteiger partial charge in [-0.3, -0.25) is 4.57 Å². The summed E-state index contributed by atoms with van der Waals surface area (Å²) in [4.78, 5) is 13.4. The Balaban J connectivity index is 1.62. The zero-order valence-electron chi connectivity index (χ0n) is 14.3. The Morgan fingerprint density at radius 3 is 2.56 bits per heavy atom. The molecule has 0 spiro atoms. The third-order valence-corrected chi connectivity index (χ3v) is 4.41. The lowest BCUT2D eigenvalue weighted by atomic mass is 10.0. The molecule has 2 heterocycles. The molecule has 2 aromatic heterocycles. The Bertz CT molecular complexity index is 1010. The second-order valence-corrected chi connectivity index (χ2v) is 6.07. The summed E-state index contributed by atoms with van der Waals surface area (Å²) >= 11 is 0. The maximum absolute atomic E-state index is 4.64. The zero-order valence-corrected chi connectivity index (χ0v) is 14.3. The Morgan fingerprint density at radius 2 is 1.72 bits per heavy atom. The van der Waals surface area contributed by atoms with Gasteiger partial charge in [0.1, 0.15) is 12.1 Å². The number of anilines is 1. The minimum atomic E-state index is 0.609. The molecule has 0 aliphatic carbocycles. The number of para-hydroxylation sites is 2. The highest BCUT2D eigenvalue weighted by Crippen LogP contribution is 2.18. The SMILES string of the molecule is Cc1cccc(C)c1CNc1nccc(-n2cnc3ccccc32)n1. The third-order valence-electron chi connectivity index (χ3n) is 4.41. The van der Waals surface area contributed by atoms with Crippen molar-refractivity contribution < 1.29 is 0 Å². The van der Waals surface area contributed by atoms with E-state index in [1.807, 2.05) is 34.9 Å². The maximum atomic E-state index is 4.64. The second-order valence-electron chi connectivity index (χ2n) is 6.07. The van der Waals surface area contributed by atoms with Gasteiger partial charge < -0.3 is 5.32 Å². The van der Waals surface area contributed by atoms with E-state index in [1.165, 1.54) is 16.7 Å². The van der Waals surface area contributed by atoms with Crippen LogP contribution in [-0.2, 0) is 6.54 Å². The summed E-state index contributed by atoms with van der Waals surface area (Å²) in [5.41, 5.74) is 5.80. The number of aryl methyl sites for hydroxylation is 2. The molecule has 0 saturated heterocycles. The van der Waals surface area contributed by atoms with Crippen molar-refractivity contribution in [2.45, 2.75) is 20.4 Å². The van der Waals surface area contributed by atoms with Gasteiger partial charge >= 0.3 is 0 Å². The Hall–Kier alpha value is -3.21. The van der Waals surface area contributed by atoms with Crippen molar-refractivity contribution in [2.24, 2.45) is 0 Å². The number of hydrogen-bond donors (Lipinski definition) is 1. The highest BCUT2D eigenvalue weighted by atomic mass is 15.2. The van der Waals surface area contributed by atoms with Crippen LogP contribution in [0.15, 0.2) is 61.1 Å². The van der Waals surface area contributed by atoms with E-state index in [0.29, 0.717) is 12.5 Å². The molecular weight excluding hydrogens is 310 g/mol. The van der Waals surface area contributed by atoms with E-state index in [-0.39, 0.29) is 0 Å². The van der Waals surface area contributed by atoms with Crippen molar-refractivity contribution in [3.8, 4) is 5.82 Å². The van der Waals surface area contributed by atoms with Crippen LogP contribution in [0.3, 0.4) is 0 Å². The highest BCUT2D eigenvalue weighted by Gasteiger charge is 2.07. The summed E-state index contributed by atoms with van der Waals surface area (Å²) in [6.45, 7) is 4.95. The average molecular weight is 329 g/mol. The van der Waals surface area contributed by atoms with Crippen LogP contribution >= 0.6 is 0 Å². The standard InChI is InChI=1S/C20H19N5/c1-14-6-5-7-15(2)16(14)12-22-20-21-11-10-19(24-20)25-13-23-17-8-3-4-9-18(17)25/h3-11,13H,12H2,1-2H3,(H,21,22,24). The average Bonchev–Trinajstić information content (AvgIpc) is 3.06. The van der Waals surface area contributed by atoms with Gasteiger partial charge in [-0.05, 0) is 48.7 Å². The number of nitrogens with zero attached hydrogens (tertiary/aromatic N) is 4. The first-order chi connectivity index (χ1) is 12.2. The number of rotatable bonds is 4. The third kappa shape index (κ3) is 2.96. The van der Waals surface area contributed by atoms with Gasteiger partial charge in [0.2, 0.25) is 5.95 Å². The topological polar surface area (TPSA) is 55.6 Å². The highest BCUT2D eigenvalue weighted by molar-refractivity contribution is 5.76. The van der Waals surface area contributed by atoms with E-state index >= 15 is 0 Å². The lowest BCUT2D eigenvalue weighted by Crippen LogP contribution is -2.08. The monoisotopic (exact) mass is 329 g/mol. The van der Waals surface area contributed by atoms with E-state index in [4.69, 9.17) is 0 Å². The van der Waals surface area contributed by atoms with E-state index in [1.54, 1.807) is 12.5 Å². The maximum Gasteiger partial charge on any atom is 0.224 e. The predicted octanol–water partition coefficient (Wildman–Crippen LogP) is 4.04. The number of aromatic nitrogens is 4. The van der Waals surface area contributed by atoms with Crippen molar-refractivity contribution in [2.75, 3.05) is 5.32 Å². The molecule has 2 aromatic carbocycles. The fourth-order valence-corrected chi connectivity index (χ4v) is 3.01. The molecule has 0 aliphatic rings. The summed E-state index contributed by atoms with van der Waals surface area (Å²) in [5.74, 6) is 1.41. The van der Waals surface area contributed by atoms with Gasteiger partial charge in [-0.2, -0.15) is 4.98 Å². The van der Waals surface area contributed by atoms with Gasteiger partial charge in [-0.25, -0.2) is 9.97 Å². The van der Waals surface area contributed by atoms with E-state index in [0.717, 1.165) is 16.9 Å². The van der Waals surface area contributed by atoms with Crippen molar-refractivity contribution >= 4 is 17.0 Å². The molecule has 0 saturated carbocycles. The number of hydrogen-bond acceptors (Lipinski definition) is 4. The van der Waals surface area contributed by atoms with E-state index in [9.17, 15) is 0 Å². The van der Waals surface area contributed by atoms with E-state index in [2.05, 4.69) is 52.3 Å². The molecule has 0 atom stereocenters. The molecular formula is C20H19N5. The molecule has 124 valence electrons. The van der Waals surface area contributed by atoms with Crippen molar-refractivity contribution in [3.63, 3.8) is 0 Å². The Kier molecular flexibility index (Phi) is 3.90. The van der Waals surface area contributed by atoms with Crippen LogP contribution in [0.2, 0.25) is 0 Å². The molecule has 0 bridgehead atoms. The molecule has 1 N–H and O–H groups in total. The molecule has 4 rings (SSSR count). The lowest BCUT2D eigenvalue weighted by Gasteiger charge is -2.11. The van der Waals surface area contributed by atoms with Crippen LogP contribution in [0, 0.1) is 13.8 Å². The molecule has 5 heteroatoms. The number of nitrogens with one attached hydrogen (secondary N) is 1. The van der Waals surface area contributed by atoms with Gasteiger partial charge in [0.15, 0.2) is 0 Å². The normalized spacial score (nSPS) is 11.0. The number of fused-ring (bicyclic) bond motifs is 1. The van der Waals surface area contributed by atoms with Crippen LogP contribution in [0.1, 0.15) is 16.7 Å². The Morgan fingerprint density at radius 1 is 0.920 bits per heavy atom. The van der Waals surface area contributed by atoms with Gasteiger partial charge in [-0.15, -0.1) is 0 Å². The van der Waals surface area contributed by atoms with Crippen LogP contribution in [0.25, 0.3) is 16.9 Å². The molecule has 0 radical (unpaired) electrons. The predicted molar refractivity (Wildman–Crippen MR) is 99.9 cm³/mol. The molecule has 25 heavy (non-hydrogen) atoms. The summed E-state index contributed by atoms with van der Waals surface area (Å²) in [6, 6.07) is 16.2. The number of benzene rings is 2. The fraction of sp³-hybridized carbons (Fsp3) is 0.150. The molecule has 0 unspecified atom stereocenters. The first kappa shape index (κ1) is 15.3. The smallest absolute Gasteiger partial charge is 0.224 e. The van der Waals surface area contributed by atoms with Crippen LogP contribution < -0.4 is 5.32 Å². The molecule has 4 aromatic rings. The minimum absolute atomic E-state index is 0.609. The Labute approximate surface area is 146 Å². The fourth-order valence-electron chi connectivity index (χ4n) is 3.01. The van der Waals surface area contributed by atoms with Gasteiger partial charge in [0.05, 0.1) is 11.0 Å². The van der Waals surface area contributed by atoms with Crippen molar-refractivity contribution in [1.82, 2.24) is 19.5 Å². The molecule has 0 amide bonds. The van der Waals surface area contributed by atoms with Crippen molar-refractivity contribution in [3.05, 3.63) is 77.7 Å². The summed E-state index contributed by atoms with van der Waals surface area (Å²) in [7, 11) is 0. The molecule has 5 nitrogen and oxygen atoms in total. The number of imidazole rings is 1. The van der Waals surface area contributed by atoms with E-state index < -0.39 is 0 Å². The summed E-state index contributed by atoms with van der Waals surface area (Å²) in [5, 5.41) is 3.34. The van der Waals surface area contributed by atoms with Crippen molar-refractivity contribution in [1.29, 1.82) is 0 Å². The zero-order chi connectivity index (χ0) is 17.2. The molecule has 0 aliphatic heterocycles. The second kappa shape index (κ2) is 6.36. The van der Waals surface area contributed by atoms with Gasteiger partial charge in [0, 0.05) is 12.7 Å².